The van der Waals surface area contributed by atoms with Gasteiger partial charge in [-0.25, -0.2) is 4.39 Å². The van der Waals surface area contributed by atoms with Crippen molar-refractivity contribution in [3.8, 4) is 0 Å². The number of hydrogen-bond donors (Lipinski definition) is 1. The number of halogens is 4. The van der Waals surface area contributed by atoms with Gasteiger partial charge >= 0.3 is 0 Å². The van der Waals surface area contributed by atoms with Crippen molar-refractivity contribution in [1.29, 1.82) is 0 Å². The molecule has 1 N–H and O–H groups in total. The fourth-order valence-corrected chi connectivity index (χ4v) is 4.87. The predicted octanol–water partition coefficient (Wildman–Crippen LogP) is 7.04. The van der Waals surface area contributed by atoms with Crippen LogP contribution < -0.4 is 5.32 Å². The molecule has 1 saturated carbocycles. The SMILES string of the molecule is Cc1ccc(C(F)(F)CNC(=O)c2cc(C)ncc2Sc2cccc(C3CC3)c2F)c(Cl)c1. The molecule has 0 unspecified atom stereocenters. The van der Waals surface area contributed by atoms with Crippen LogP contribution in [0.2, 0.25) is 5.02 Å². The second-order valence-electron chi connectivity index (χ2n) is 8.23. The molecule has 1 amide bonds. The molecule has 1 aliphatic carbocycles. The van der Waals surface area contributed by atoms with Crippen LogP contribution in [-0.2, 0) is 5.92 Å². The number of amides is 1. The van der Waals surface area contributed by atoms with Crippen LogP contribution >= 0.6 is 23.4 Å². The van der Waals surface area contributed by atoms with Crippen LogP contribution in [0.25, 0.3) is 0 Å². The van der Waals surface area contributed by atoms with Gasteiger partial charge in [-0.05, 0) is 61.9 Å². The lowest BCUT2D eigenvalue weighted by atomic mass is 10.1. The third kappa shape index (κ3) is 5.36. The average Bonchev–Trinajstić information content (AvgIpc) is 3.59. The maximum absolute atomic E-state index is 15.0. The number of aromatic nitrogens is 1. The van der Waals surface area contributed by atoms with Gasteiger partial charge in [0.25, 0.3) is 11.8 Å². The van der Waals surface area contributed by atoms with Crippen LogP contribution in [0.3, 0.4) is 0 Å². The van der Waals surface area contributed by atoms with Gasteiger partial charge in [-0.2, -0.15) is 8.78 Å². The number of alkyl halides is 2. The van der Waals surface area contributed by atoms with Crippen LogP contribution in [0, 0.1) is 19.7 Å². The predicted molar refractivity (Wildman–Crippen MR) is 124 cm³/mol. The van der Waals surface area contributed by atoms with Gasteiger partial charge in [0.1, 0.15) is 5.82 Å². The van der Waals surface area contributed by atoms with E-state index < -0.39 is 18.4 Å². The summed E-state index contributed by atoms with van der Waals surface area (Å²) in [5, 5.41) is 2.25. The Morgan fingerprint density at radius 3 is 2.64 bits per heavy atom. The first-order valence-electron chi connectivity index (χ1n) is 10.5. The topological polar surface area (TPSA) is 42.0 Å². The van der Waals surface area contributed by atoms with E-state index in [0.29, 0.717) is 21.0 Å². The smallest absolute Gasteiger partial charge is 0.291 e. The van der Waals surface area contributed by atoms with Gasteiger partial charge in [-0.1, -0.05) is 47.6 Å². The number of benzene rings is 2. The molecule has 1 aromatic heterocycles. The molecule has 3 aromatic rings. The van der Waals surface area contributed by atoms with Crippen molar-refractivity contribution in [2.45, 2.75) is 48.3 Å². The quantitative estimate of drug-likeness (QED) is 0.386. The summed E-state index contributed by atoms with van der Waals surface area (Å²) in [7, 11) is 0. The Bertz CT molecular complexity index is 1210. The standard InChI is InChI=1S/C25H22ClF3N2OS/c1-14-6-9-19(20(26)10-14)25(28,29)13-31-24(32)18-11-15(2)30-12-22(18)33-21-5-3-4-17(23(21)27)16-7-8-16/h3-6,9-12,16H,7-8,13H2,1-2H3,(H,31,32). The Labute approximate surface area is 199 Å². The minimum absolute atomic E-state index is 0.0590. The molecule has 1 heterocycles. The highest BCUT2D eigenvalue weighted by Crippen LogP contribution is 2.44. The van der Waals surface area contributed by atoms with Crippen LogP contribution in [0.4, 0.5) is 13.2 Å². The Kier molecular flexibility index (Phi) is 6.73. The van der Waals surface area contributed by atoms with Crippen molar-refractivity contribution in [3.05, 3.63) is 87.4 Å². The summed E-state index contributed by atoms with van der Waals surface area (Å²) < 4.78 is 44.5. The number of rotatable bonds is 7. The molecule has 33 heavy (non-hydrogen) atoms. The summed E-state index contributed by atoms with van der Waals surface area (Å²) in [6.45, 7) is 2.52. The lowest BCUT2D eigenvalue weighted by molar-refractivity contribution is -0.00240. The van der Waals surface area contributed by atoms with Gasteiger partial charge in [0.05, 0.1) is 17.1 Å². The van der Waals surface area contributed by atoms with Crippen molar-refractivity contribution < 1.29 is 18.0 Å². The van der Waals surface area contributed by atoms with E-state index in [2.05, 4.69) is 10.3 Å². The number of hydrogen-bond acceptors (Lipinski definition) is 3. The molecule has 8 heteroatoms. The highest BCUT2D eigenvalue weighted by atomic mass is 35.5. The molecule has 1 aliphatic rings. The maximum Gasteiger partial charge on any atom is 0.291 e. The van der Waals surface area contributed by atoms with Crippen LogP contribution in [0.1, 0.15) is 51.5 Å². The zero-order valence-electron chi connectivity index (χ0n) is 18.1. The molecule has 1 fully saturated rings. The van der Waals surface area contributed by atoms with Gasteiger partial charge in [-0.15, -0.1) is 0 Å². The van der Waals surface area contributed by atoms with E-state index in [1.165, 1.54) is 24.4 Å². The zero-order chi connectivity index (χ0) is 23.8. The van der Waals surface area contributed by atoms with Gasteiger partial charge < -0.3 is 5.32 Å². The number of nitrogens with zero attached hydrogens (tertiary/aromatic N) is 1. The molecule has 3 nitrogen and oxygen atoms in total. The van der Waals surface area contributed by atoms with E-state index in [-0.39, 0.29) is 27.9 Å². The van der Waals surface area contributed by atoms with Crippen molar-refractivity contribution in [3.63, 3.8) is 0 Å². The first-order chi connectivity index (χ1) is 15.7. The molecular formula is C25H22ClF3N2OS. The fourth-order valence-electron chi connectivity index (χ4n) is 3.54. The van der Waals surface area contributed by atoms with E-state index in [1.54, 1.807) is 38.1 Å². The summed E-state index contributed by atoms with van der Waals surface area (Å²) in [6.07, 6.45) is 3.39. The minimum Gasteiger partial charge on any atom is -0.346 e. The molecule has 0 aliphatic heterocycles. The Morgan fingerprint density at radius 1 is 1.18 bits per heavy atom. The largest absolute Gasteiger partial charge is 0.346 e. The van der Waals surface area contributed by atoms with Gasteiger partial charge in [-0.3, -0.25) is 9.78 Å². The molecule has 0 spiro atoms. The first kappa shape index (κ1) is 23.6. The Balaban J connectivity index is 1.55. The Hall–Kier alpha value is -2.51. The van der Waals surface area contributed by atoms with Gasteiger partial charge in [0.2, 0.25) is 0 Å². The average molecular weight is 491 g/mol. The number of aryl methyl sites for hydroxylation is 2. The van der Waals surface area contributed by atoms with E-state index in [4.69, 9.17) is 11.6 Å². The van der Waals surface area contributed by atoms with E-state index in [0.717, 1.165) is 30.2 Å². The third-order valence-corrected chi connectivity index (χ3v) is 6.86. The molecular weight excluding hydrogens is 469 g/mol. The summed E-state index contributed by atoms with van der Waals surface area (Å²) >= 11 is 7.06. The first-order valence-corrected chi connectivity index (χ1v) is 11.7. The third-order valence-electron chi connectivity index (χ3n) is 5.47. The molecule has 2 aromatic carbocycles. The van der Waals surface area contributed by atoms with Crippen molar-refractivity contribution in [2.75, 3.05) is 6.54 Å². The number of pyridine rings is 1. The monoisotopic (exact) mass is 490 g/mol. The number of nitrogens with one attached hydrogen (secondary N) is 1. The summed E-state index contributed by atoms with van der Waals surface area (Å²) in [6, 6.07) is 11.0. The number of carbonyl (C=O) groups is 1. The maximum atomic E-state index is 15.0. The molecule has 4 rings (SSSR count). The minimum atomic E-state index is -3.36. The van der Waals surface area contributed by atoms with Crippen molar-refractivity contribution in [1.82, 2.24) is 10.3 Å². The Morgan fingerprint density at radius 2 is 1.94 bits per heavy atom. The van der Waals surface area contributed by atoms with E-state index >= 15 is 0 Å². The highest BCUT2D eigenvalue weighted by Gasteiger charge is 2.34. The lowest BCUT2D eigenvalue weighted by Gasteiger charge is -2.19. The molecule has 0 atom stereocenters. The normalized spacial score (nSPS) is 13.8. The molecule has 172 valence electrons. The fraction of sp³-hybridized carbons (Fsp3) is 0.280. The van der Waals surface area contributed by atoms with Gasteiger partial charge in [0.15, 0.2) is 0 Å². The van der Waals surface area contributed by atoms with Crippen molar-refractivity contribution >= 4 is 29.3 Å². The second kappa shape index (κ2) is 9.39. The van der Waals surface area contributed by atoms with Crippen LogP contribution in [0.5, 0.6) is 0 Å². The summed E-state index contributed by atoms with van der Waals surface area (Å²) in [4.78, 5) is 17.8. The second-order valence-corrected chi connectivity index (χ2v) is 9.72. The summed E-state index contributed by atoms with van der Waals surface area (Å²) in [5.41, 5.74) is 1.78. The van der Waals surface area contributed by atoms with E-state index in [9.17, 15) is 18.0 Å². The molecule has 0 radical (unpaired) electrons. The zero-order valence-corrected chi connectivity index (χ0v) is 19.7. The summed E-state index contributed by atoms with van der Waals surface area (Å²) in [5.74, 6) is -4.12. The molecule has 0 saturated heterocycles. The van der Waals surface area contributed by atoms with Crippen LogP contribution in [0.15, 0.2) is 58.5 Å². The highest BCUT2D eigenvalue weighted by molar-refractivity contribution is 7.99. The number of carbonyl (C=O) groups excluding carboxylic acids is 1. The van der Waals surface area contributed by atoms with Crippen molar-refractivity contribution in [2.24, 2.45) is 0 Å². The molecule has 0 bridgehead atoms. The van der Waals surface area contributed by atoms with E-state index in [1.807, 2.05) is 0 Å². The van der Waals surface area contributed by atoms with Crippen LogP contribution in [-0.4, -0.2) is 17.4 Å². The van der Waals surface area contributed by atoms with Gasteiger partial charge in [0, 0.05) is 27.2 Å². The lowest BCUT2D eigenvalue weighted by Crippen LogP contribution is -2.35.